The Balaban J connectivity index is 2.44. The molecule has 0 fully saturated rings. The summed E-state index contributed by atoms with van der Waals surface area (Å²) in [5.74, 6) is 0. The molecule has 0 aliphatic heterocycles. The average Bonchev–Trinajstić information content (AvgIpc) is 2.30. The predicted molar refractivity (Wildman–Crippen MR) is 73.8 cm³/mol. The third kappa shape index (κ3) is 1.35. The van der Waals surface area contributed by atoms with Gasteiger partial charge in [0.1, 0.15) is 0 Å². The van der Waals surface area contributed by atoms with E-state index >= 15 is 0 Å². The molecule has 79 valence electrons. The minimum atomic E-state index is -0.378. The Hall–Kier alpha value is -1.34. The van der Waals surface area contributed by atoms with Crippen LogP contribution in [0.3, 0.4) is 0 Å². The topological polar surface area (TPSA) is 0 Å². The van der Waals surface area contributed by atoms with Crippen molar-refractivity contribution < 1.29 is 0 Å². The number of benzene rings is 2. The fourth-order valence-electron chi connectivity index (χ4n) is 2.57. The van der Waals surface area contributed by atoms with E-state index in [9.17, 15) is 0 Å². The third-order valence-electron chi connectivity index (χ3n) is 3.33. The van der Waals surface area contributed by atoms with Gasteiger partial charge in [0.05, 0.1) is 8.80 Å². The predicted octanol–water partition coefficient (Wildman–Crippen LogP) is 3.37. The van der Waals surface area contributed by atoms with E-state index in [1.54, 1.807) is 5.19 Å². The van der Waals surface area contributed by atoms with Crippen LogP contribution in [-0.4, -0.2) is 8.80 Å². The summed E-state index contributed by atoms with van der Waals surface area (Å²) in [5.41, 5.74) is 2.97. The van der Waals surface area contributed by atoms with Gasteiger partial charge in [-0.15, -0.1) is 0 Å². The van der Waals surface area contributed by atoms with Crippen LogP contribution in [0, 0.1) is 0 Å². The van der Waals surface area contributed by atoms with E-state index in [0.29, 0.717) is 0 Å². The maximum atomic E-state index is 2.37. The van der Waals surface area contributed by atoms with Crippen LogP contribution in [0.5, 0.6) is 0 Å². The molecule has 0 atom stereocenters. The molecule has 0 saturated heterocycles. The summed E-state index contributed by atoms with van der Waals surface area (Å²) >= 11 is 0. The van der Waals surface area contributed by atoms with Crippen LogP contribution in [0.15, 0.2) is 36.4 Å². The van der Waals surface area contributed by atoms with Crippen molar-refractivity contribution in [2.24, 2.45) is 0 Å². The molecule has 1 aliphatic rings. The highest BCUT2D eigenvalue weighted by atomic mass is 28.3. The van der Waals surface area contributed by atoms with Gasteiger partial charge in [0.25, 0.3) is 0 Å². The number of rotatable bonds is 1. The highest BCUT2D eigenvalue weighted by Gasteiger charge is 2.13. The molecule has 16 heavy (non-hydrogen) atoms. The summed E-state index contributed by atoms with van der Waals surface area (Å²) in [5, 5.41) is 4.46. The molecule has 0 bridgehead atoms. The van der Waals surface area contributed by atoms with Gasteiger partial charge in [-0.25, -0.2) is 0 Å². The van der Waals surface area contributed by atoms with E-state index < -0.39 is 0 Å². The second-order valence-corrected chi connectivity index (χ2v) is 7.19. The van der Waals surface area contributed by atoms with Crippen LogP contribution in [0.2, 0.25) is 13.1 Å². The Bertz CT molecular complexity index is 579. The van der Waals surface area contributed by atoms with Gasteiger partial charge >= 0.3 is 0 Å². The molecule has 0 N–H and O–H groups in total. The molecule has 0 aromatic heterocycles. The van der Waals surface area contributed by atoms with E-state index in [2.05, 4.69) is 55.6 Å². The molecule has 0 nitrogen and oxygen atoms in total. The monoisotopic (exact) mass is 223 g/mol. The van der Waals surface area contributed by atoms with Gasteiger partial charge in [0.2, 0.25) is 0 Å². The molecule has 0 amide bonds. The first-order valence-electron chi connectivity index (χ1n) is 5.79. The van der Waals surface area contributed by atoms with Crippen LogP contribution in [-0.2, 0) is 6.42 Å². The molecule has 0 heterocycles. The lowest BCUT2D eigenvalue weighted by Crippen LogP contribution is -2.26. The molecule has 0 saturated carbocycles. The van der Waals surface area contributed by atoms with Crippen LogP contribution in [0.25, 0.3) is 16.8 Å². The van der Waals surface area contributed by atoms with Crippen molar-refractivity contribution in [3.05, 3.63) is 47.5 Å². The van der Waals surface area contributed by atoms with Gasteiger partial charge in [-0.1, -0.05) is 60.8 Å². The summed E-state index contributed by atoms with van der Waals surface area (Å²) in [6.45, 7) is 4.74. The largest absolute Gasteiger partial charge is 0.0799 e. The third-order valence-corrected chi connectivity index (χ3v) is 4.85. The molecular formula is C15H15Si. The van der Waals surface area contributed by atoms with Crippen molar-refractivity contribution in [2.45, 2.75) is 19.5 Å². The van der Waals surface area contributed by atoms with Gasteiger partial charge in [-0.2, -0.15) is 0 Å². The van der Waals surface area contributed by atoms with E-state index in [4.69, 9.17) is 0 Å². The van der Waals surface area contributed by atoms with Crippen molar-refractivity contribution in [2.75, 3.05) is 0 Å². The lowest BCUT2D eigenvalue weighted by Gasteiger charge is -2.17. The Labute approximate surface area is 98.2 Å². The Morgan fingerprint density at radius 1 is 1.06 bits per heavy atom. The zero-order chi connectivity index (χ0) is 11.1. The zero-order valence-corrected chi connectivity index (χ0v) is 10.7. The van der Waals surface area contributed by atoms with E-state index in [-0.39, 0.29) is 8.80 Å². The minimum Gasteiger partial charge on any atom is -0.0795 e. The molecule has 0 unspecified atom stereocenters. The molecular weight excluding hydrogens is 208 g/mol. The average molecular weight is 223 g/mol. The van der Waals surface area contributed by atoms with Gasteiger partial charge in [0, 0.05) is 0 Å². The number of allylic oxidation sites excluding steroid dienone is 1. The molecule has 1 aliphatic carbocycles. The molecule has 2 aromatic rings. The molecule has 3 rings (SSSR count). The van der Waals surface area contributed by atoms with E-state index in [1.165, 1.54) is 21.9 Å². The Kier molecular flexibility index (Phi) is 2.22. The lowest BCUT2D eigenvalue weighted by atomic mass is 9.93. The van der Waals surface area contributed by atoms with E-state index in [1.807, 2.05) is 0 Å². The van der Waals surface area contributed by atoms with Crippen molar-refractivity contribution in [3.8, 4) is 0 Å². The number of hydrogen-bond acceptors (Lipinski definition) is 0. The highest BCUT2D eigenvalue weighted by molar-refractivity contribution is 6.71. The number of hydrogen-bond donors (Lipinski definition) is 0. The highest BCUT2D eigenvalue weighted by Crippen LogP contribution is 2.27. The molecule has 1 radical (unpaired) electrons. The van der Waals surface area contributed by atoms with Crippen LogP contribution >= 0.6 is 0 Å². The summed E-state index contributed by atoms with van der Waals surface area (Å²) in [7, 11) is -0.378. The Morgan fingerprint density at radius 2 is 1.94 bits per heavy atom. The second-order valence-electron chi connectivity index (χ2n) is 4.65. The van der Waals surface area contributed by atoms with Gasteiger partial charge < -0.3 is 0 Å². The molecule has 1 heteroatoms. The maximum absolute atomic E-state index is 2.37. The van der Waals surface area contributed by atoms with Crippen LogP contribution in [0.4, 0.5) is 0 Å². The fourth-order valence-corrected chi connectivity index (χ4v) is 3.73. The molecule has 2 aromatic carbocycles. The second kappa shape index (κ2) is 3.60. The summed E-state index contributed by atoms with van der Waals surface area (Å²) in [6.07, 6.45) is 5.71. The summed E-state index contributed by atoms with van der Waals surface area (Å²) < 4.78 is 0. The zero-order valence-electron chi connectivity index (χ0n) is 9.75. The van der Waals surface area contributed by atoms with Crippen molar-refractivity contribution >= 4 is 30.8 Å². The van der Waals surface area contributed by atoms with Crippen LogP contribution in [0.1, 0.15) is 11.1 Å². The van der Waals surface area contributed by atoms with Crippen molar-refractivity contribution in [1.29, 1.82) is 0 Å². The smallest absolute Gasteiger partial charge is 0.0795 e. The first-order chi connectivity index (χ1) is 7.77. The standard InChI is InChI=1S/C15H15Si/c1-16(2)14-10-9-12-6-3-5-11-7-4-8-13(14)15(11)12/h3-6,8-10H,7H2,1-2H3. The maximum Gasteiger partial charge on any atom is 0.0799 e. The van der Waals surface area contributed by atoms with Crippen LogP contribution < -0.4 is 5.19 Å². The minimum absolute atomic E-state index is 0.378. The van der Waals surface area contributed by atoms with Gasteiger partial charge in [-0.05, 0) is 28.3 Å². The van der Waals surface area contributed by atoms with Gasteiger partial charge in [-0.3, -0.25) is 0 Å². The fraction of sp³-hybridized carbons (Fsp3) is 0.200. The quantitative estimate of drug-likeness (QED) is 0.650. The van der Waals surface area contributed by atoms with Crippen molar-refractivity contribution in [1.82, 2.24) is 0 Å². The summed E-state index contributed by atoms with van der Waals surface area (Å²) in [4.78, 5) is 0. The lowest BCUT2D eigenvalue weighted by molar-refractivity contribution is 1.29. The molecule has 0 spiro atoms. The summed E-state index contributed by atoms with van der Waals surface area (Å²) in [6, 6.07) is 11.3. The first kappa shape index (κ1) is 9.85. The first-order valence-corrected chi connectivity index (χ1v) is 8.29. The van der Waals surface area contributed by atoms with Crippen molar-refractivity contribution in [3.63, 3.8) is 0 Å². The van der Waals surface area contributed by atoms with E-state index in [0.717, 1.165) is 6.42 Å². The van der Waals surface area contributed by atoms with Gasteiger partial charge in [0.15, 0.2) is 0 Å². The SMILES string of the molecule is C[Si](C)c1ccc2cccc3c2c1C=CC3. The Morgan fingerprint density at radius 3 is 2.75 bits per heavy atom. The normalized spacial score (nSPS) is 13.7.